The van der Waals surface area contributed by atoms with E-state index in [0.717, 1.165) is 0 Å². The van der Waals surface area contributed by atoms with Crippen molar-refractivity contribution in [1.82, 2.24) is 0 Å². The Balaban J connectivity index is 2.61. The van der Waals surface area contributed by atoms with Gasteiger partial charge in [0, 0.05) is 5.56 Å². The lowest BCUT2D eigenvalue weighted by atomic mass is 10.0. The van der Waals surface area contributed by atoms with Crippen molar-refractivity contribution in [1.29, 1.82) is 0 Å². The van der Waals surface area contributed by atoms with Gasteiger partial charge in [-0.1, -0.05) is 18.2 Å². The van der Waals surface area contributed by atoms with Gasteiger partial charge in [0.25, 0.3) is 7.92 Å². The van der Waals surface area contributed by atoms with Gasteiger partial charge in [0.05, 0.1) is 12.7 Å². The fourth-order valence-electron chi connectivity index (χ4n) is 2.09. The Hall–Kier alpha value is -1.53. The zero-order valence-corrected chi connectivity index (χ0v) is 14.1. The molecule has 1 atom stereocenters. The fourth-order valence-corrected chi connectivity index (χ4v) is 3.75. The summed E-state index contributed by atoms with van der Waals surface area (Å²) in [4.78, 5) is 33.1. The third kappa shape index (κ3) is 4.26. The van der Waals surface area contributed by atoms with Gasteiger partial charge in [-0.2, -0.15) is 0 Å². The van der Waals surface area contributed by atoms with E-state index in [2.05, 4.69) is 4.85 Å². The predicted molar refractivity (Wildman–Crippen MR) is 85.9 cm³/mol. The summed E-state index contributed by atoms with van der Waals surface area (Å²) in [6, 6.07) is 6.99. The molecule has 0 amide bonds. The summed E-state index contributed by atoms with van der Waals surface area (Å²) in [5.41, 5.74) is -0.604. The molecule has 0 saturated heterocycles. The number of rotatable bonds is 5. The van der Waals surface area contributed by atoms with Crippen LogP contribution in [0.15, 0.2) is 30.3 Å². The second kappa shape index (κ2) is 6.93. The summed E-state index contributed by atoms with van der Waals surface area (Å²) in [5.74, 6) is 0. The Bertz CT molecular complexity index is 889. The van der Waals surface area contributed by atoms with E-state index in [-0.39, 0.29) is 11.3 Å². The molecule has 2 aromatic rings. The molecular formula is C13H9FNO5P3. The number of benzene rings is 2. The largest absolute Gasteiger partial charge is 0.329 e. The molecule has 2 N–H and O–H groups in total. The summed E-state index contributed by atoms with van der Waals surface area (Å²) in [5, 5.41) is 0.868. The van der Waals surface area contributed by atoms with Crippen LogP contribution in [-0.2, 0) is 15.3 Å². The molecule has 0 fully saturated rings. The van der Waals surface area contributed by atoms with Gasteiger partial charge in [0.15, 0.2) is 5.69 Å². The lowest BCUT2D eigenvalue weighted by Crippen LogP contribution is -1.93. The highest BCUT2D eigenvalue weighted by atomic mass is 32.1. The summed E-state index contributed by atoms with van der Waals surface area (Å²) < 4.78 is 35.0. The van der Waals surface area contributed by atoms with Crippen LogP contribution >= 0.6 is 23.7 Å². The van der Waals surface area contributed by atoms with Gasteiger partial charge in [0.1, 0.15) is 0 Å². The quantitative estimate of drug-likeness (QED) is 0.582. The van der Waals surface area contributed by atoms with Gasteiger partial charge in [-0.3, -0.25) is 13.9 Å². The minimum atomic E-state index is -4.26. The van der Waals surface area contributed by atoms with Crippen LogP contribution in [0.5, 0.6) is 0 Å². The maximum absolute atomic E-state index is 13.4. The maximum Gasteiger partial charge on any atom is 0.329 e. The SMILES string of the molecule is [C-]#[N+]c1cc(C(=O)P(F)P=O)cc2cc(CP(=O)(O)O)ccc12. The number of nitrogens with zero attached hydrogens (tertiary/aromatic N) is 1. The standard InChI is InChI=1S/C13H9FNO5P3/c1-15-12-6-10(13(16)22(14)21-17)5-9-4-8(2-3-11(9)12)7-23(18,19)20/h2-6H,7H2,(H2,18,19,20). The van der Waals surface area contributed by atoms with Crippen LogP contribution in [-0.4, -0.2) is 15.3 Å². The molecule has 1 unspecified atom stereocenters. The van der Waals surface area contributed by atoms with Crippen LogP contribution in [0, 0.1) is 6.57 Å². The van der Waals surface area contributed by atoms with E-state index >= 15 is 0 Å². The number of halogens is 1. The topological polar surface area (TPSA) is 96.0 Å². The highest BCUT2D eigenvalue weighted by Gasteiger charge is 2.22. The molecule has 6 nitrogen and oxygen atoms in total. The van der Waals surface area contributed by atoms with Crippen molar-refractivity contribution in [3.05, 3.63) is 52.9 Å². The Morgan fingerprint density at radius 3 is 2.61 bits per heavy atom. The van der Waals surface area contributed by atoms with Gasteiger partial charge in [0.2, 0.25) is 13.7 Å². The predicted octanol–water partition coefficient (Wildman–Crippen LogP) is 4.78. The van der Waals surface area contributed by atoms with Crippen molar-refractivity contribution in [3.8, 4) is 0 Å². The van der Waals surface area contributed by atoms with Crippen LogP contribution in [0.2, 0.25) is 0 Å². The van der Waals surface area contributed by atoms with Crippen molar-refractivity contribution < 1.29 is 27.9 Å². The maximum atomic E-state index is 13.4. The van der Waals surface area contributed by atoms with E-state index in [1.54, 1.807) is 0 Å². The molecule has 2 rings (SSSR count). The lowest BCUT2D eigenvalue weighted by Gasteiger charge is -2.08. The molecule has 0 radical (unpaired) electrons. The summed E-state index contributed by atoms with van der Waals surface area (Å²) in [6.45, 7) is 7.15. The van der Waals surface area contributed by atoms with Crippen LogP contribution in [0.25, 0.3) is 15.6 Å². The Morgan fingerprint density at radius 2 is 2.04 bits per heavy atom. The number of hydrogen-bond donors (Lipinski definition) is 2. The van der Waals surface area contributed by atoms with E-state index in [1.807, 2.05) is 0 Å². The third-order valence-electron chi connectivity index (χ3n) is 2.99. The second-order valence-electron chi connectivity index (χ2n) is 4.63. The first kappa shape index (κ1) is 17.8. The van der Waals surface area contributed by atoms with Gasteiger partial charge >= 0.3 is 7.60 Å². The van der Waals surface area contributed by atoms with Crippen molar-refractivity contribution in [2.75, 3.05) is 0 Å². The molecule has 23 heavy (non-hydrogen) atoms. The van der Waals surface area contributed by atoms with E-state index < -0.39 is 35.4 Å². The van der Waals surface area contributed by atoms with E-state index in [4.69, 9.17) is 16.4 Å². The molecule has 0 bridgehead atoms. The van der Waals surface area contributed by atoms with Crippen LogP contribution in [0.4, 0.5) is 9.88 Å². The Kier molecular flexibility index (Phi) is 5.37. The second-order valence-corrected chi connectivity index (χ2v) is 8.91. The summed E-state index contributed by atoms with van der Waals surface area (Å²) in [7, 11) is -8.03. The molecular weight excluding hydrogens is 362 g/mol. The van der Waals surface area contributed by atoms with Crippen LogP contribution in [0.3, 0.4) is 0 Å². The van der Waals surface area contributed by atoms with Crippen molar-refractivity contribution in [2.45, 2.75) is 6.16 Å². The Morgan fingerprint density at radius 1 is 1.35 bits per heavy atom. The summed E-state index contributed by atoms with van der Waals surface area (Å²) >= 11 is 0. The lowest BCUT2D eigenvalue weighted by molar-refractivity contribution is 0.108. The van der Waals surface area contributed by atoms with Gasteiger partial charge < -0.3 is 9.79 Å². The van der Waals surface area contributed by atoms with Gasteiger partial charge in [-0.05, 0) is 28.5 Å². The first-order valence-electron chi connectivity index (χ1n) is 6.07. The van der Waals surface area contributed by atoms with E-state index in [0.29, 0.717) is 16.3 Å². The highest BCUT2D eigenvalue weighted by molar-refractivity contribution is 8.22. The minimum absolute atomic E-state index is 0.0891. The molecule has 0 aromatic heterocycles. The molecule has 10 heteroatoms. The normalized spacial score (nSPS) is 13.0. The van der Waals surface area contributed by atoms with Crippen molar-refractivity contribution >= 4 is 45.6 Å². The number of hydrogen-bond acceptors (Lipinski definition) is 3. The number of carbonyl (C=O) groups excluding carboxylic acids is 1. The van der Waals surface area contributed by atoms with Gasteiger partial charge in [-0.25, -0.2) is 9.04 Å². The first-order valence-corrected chi connectivity index (χ1v) is 10.6. The van der Waals surface area contributed by atoms with Crippen LogP contribution < -0.4 is 0 Å². The first-order chi connectivity index (χ1) is 10.7. The molecule has 118 valence electrons. The van der Waals surface area contributed by atoms with Crippen molar-refractivity contribution in [3.63, 3.8) is 0 Å². The molecule has 0 spiro atoms. The zero-order chi connectivity index (χ0) is 17.2. The monoisotopic (exact) mass is 371 g/mol. The highest BCUT2D eigenvalue weighted by Crippen LogP contribution is 2.53. The summed E-state index contributed by atoms with van der Waals surface area (Å²) in [6.07, 6.45) is -0.483. The molecule has 0 aliphatic heterocycles. The average molecular weight is 371 g/mol. The number of carbonyl (C=O) groups is 1. The molecule has 0 aliphatic carbocycles. The fraction of sp³-hybridized carbons (Fsp3) is 0.0769. The average Bonchev–Trinajstić information content (AvgIpc) is 2.50. The van der Waals surface area contributed by atoms with Crippen molar-refractivity contribution in [2.24, 2.45) is 0 Å². The van der Waals surface area contributed by atoms with E-state index in [9.17, 15) is 18.1 Å². The third-order valence-corrected chi connectivity index (χ3v) is 5.48. The molecule has 2 aromatic carbocycles. The molecule has 0 saturated carbocycles. The Labute approximate surface area is 133 Å². The number of fused-ring (bicyclic) bond motifs is 1. The molecule has 0 heterocycles. The zero-order valence-electron chi connectivity index (χ0n) is 11.4. The van der Waals surface area contributed by atoms with E-state index in [1.165, 1.54) is 30.3 Å². The van der Waals surface area contributed by atoms with Crippen LogP contribution in [0.1, 0.15) is 15.9 Å². The van der Waals surface area contributed by atoms with Gasteiger partial charge in [-0.15, -0.1) is 0 Å². The molecule has 0 aliphatic rings. The smallest absolute Gasteiger partial charge is 0.324 e. The minimum Gasteiger partial charge on any atom is -0.324 e.